The van der Waals surface area contributed by atoms with Crippen molar-refractivity contribution in [3.63, 3.8) is 0 Å². The molecule has 29 heavy (non-hydrogen) atoms. The number of hydrogen-bond acceptors (Lipinski definition) is 4. The highest BCUT2D eigenvalue weighted by atomic mass is 16.2. The van der Waals surface area contributed by atoms with Crippen LogP contribution in [-0.4, -0.2) is 29.1 Å². The highest BCUT2D eigenvalue weighted by molar-refractivity contribution is 6.10. The number of nitrogens with zero attached hydrogens (tertiary/aromatic N) is 2. The van der Waals surface area contributed by atoms with Crippen LogP contribution in [0.4, 0.5) is 11.4 Å². The normalized spacial score (nSPS) is 12.4. The second-order valence-electron chi connectivity index (χ2n) is 6.89. The minimum Gasteiger partial charge on any atom is -0.322 e. The maximum atomic E-state index is 13.0. The van der Waals surface area contributed by atoms with Gasteiger partial charge in [0.15, 0.2) is 5.78 Å². The molecule has 2 aromatic carbocycles. The fraction of sp³-hybridized carbons (Fsp3) is 0.130. The molecule has 0 bridgehead atoms. The Labute approximate surface area is 168 Å². The molecule has 0 saturated heterocycles. The van der Waals surface area contributed by atoms with Crippen LogP contribution in [0.25, 0.3) is 0 Å². The summed E-state index contributed by atoms with van der Waals surface area (Å²) in [6, 6.07) is 16.1. The third-order valence-electron chi connectivity index (χ3n) is 4.91. The van der Waals surface area contributed by atoms with Gasteiger partial charge in [-0.2, -0.15) is 0 Å². The topological polar surface area (TPSA) is 79.4 Å². The summed E-state index contributed by atoms with van der Waals surface area (Å²) < 4.78 is 0. The predicted molar refractivity (Wildman–Crippen MR) is 110 cm³/mol. The first-order valence-electron chi connectivity index (χ1n) is 9.30. The van der Waals surface area contributed by atoms with Crippen LogP contribution in [0.3, 0.4) is 0 Å². The number of carbonyl (C=O) groups excluding carboxylic acids is 3. The molecule has 0 atom stereocenters. The lowest BCUT2D eigenvalue weighted by Gasteiger charge is -2.17. The van der Waals surface area contributed by atoms with Gasteiger partial charge in [0.1, 0.15) is 0 Å². The highest BCUT2D eigenvalue weighted by Gasteiger charge is 2.25. The number of pyridine rings is 1. The van der Waals surface area contributed by atoms with E-state index < -0.39 is 5.91 Å². The van der Waals surface area contributed by atoms with Gasteiger partial charge in [-0.25, -0.2) is 0 Å². The third kappa shape index (κ3) is 3.78. The molecule has 6 nitrogen and oxygen atoms in total. The van der Waals surface area contributed by atoms with Crippen molar-refractivity contribution in [2.75, 3.05) is 16.8 Å². The van der Waals surface area contributed by atoms with E-state index in [0.29, 0.717) is 23.4 Å². The molecule has 4 rings (SSSR count). The van der Waals surface area contributed by atoms with Crippen LogP contribution in [-0.2, 0) is 6.42 Å². The molecule has 0 saturated carbocycles. The first-order chi connectivity index (χ1) is 14.0. The number of ketones is 1. The Kier molecular flexibility index (Phi) is 4.91. The number of benzene rings is 2. The maximum absolute atomic E-state index is 13.0. The minimum absolute atomic E-state index is 0.0822. The largest absolute Gasteiger partial charge is 0.322 e. The molecule has 0 aliphatic carbocycles. The molecule has 0 fully saturated rings. The van der Waals surface area contributed by atoms with Gasteiger partial charge in [-0.05, 0) is 43.2 Å². The van der Waals surface area contributed by atoms with Gasteiger partial charge in [0, 0.05) is 35.9 Å². The summed E-state index contributed by atoms with van der Waals surface area (Å²) in [4.78, 5) is 42.9. The zero-order valence-corrected chi connectivity index (χ0v) is 15.9. The number of Topliss-reactive ketones (excluding diaryl/α,β-unsaturated/α-hetero) is 1. The fourth-order valence-corrected chi connectivity index (χ4v) is 3.41. The monoisotopic (exact) mass is 385 g/mol. The summed E-state index contributed by atoms with van der Waals surface area (Å²) in [5.41, 5.74) is 3.68. The number of para-hydroxylation sites is 1. The molecule has 1 aromatic heterocycles. The fourth-order valence-electron chi connectivity index (χ4n) is 3.41. The molecular formula is C23H19N3O3. The SMILES string of the molecule is CC(=O)c1cccc(NC(=O)c2cncc(C(=O)N3CCc4ccccc43)c2)c1. The van der Waals surface area contributed by atoms with E-state index in [1.807, 2.05) is 24.3 Å². The number of carbonyl (C=O) groups is 3. The van der Waals surface area contributed by atoms with Crippen LogP contribution >= 0.6 is 0 Å². The van der Waals surface area contributed by atoms with E-state index in [1.54, 1.807) is 35.2 Å². The molecule has 144 valence electrons. The van der Waals surface area contributed by atoms with Crippen molar-refractivity contribution in [2.24, 2.45) is 0 Å². The molecule has 3 aromatic rings. The smallest absolute Gasteiger partial charge is 0.259 e. The van der Waals surface area contributed by atoms with Crippen LogP contribution in [0.5, 0.6) is 0 Å². The van der Waals surface area contributed by atoms with Gasteiger partial charge >= 0.3 is 0 Å². The van der Waals surface area contributed by atoms with Crippen molar-refractivity contribution >= 4 is 29.0 Å². The molecular weight excluding hydrogens is 366 g/mol. The first-order valence-corrected chi connectivity index (χ1v) is 9.30. The van der Waals surface area contributed by atoms with Crippen LogP contribution in [0.1, 0.15) is 43.6 Å². The maximum Gasteiger partial charge on any atom is 0.259 e. The van der Waals surface area contributed by atoms with Gasteiger partial charge in [-0.3, -0.25) is 19.4 Å². The van der Waals surface area contributed by atoms with E-state index in [-0.39, 0.29) is 17.3 Å². The molecule has 0 radical (unpaired) electrons. The molecule has 2 heterocycles. The van der Waals surface area contributed by atoms with Crippen LogP contribution < -0.4 is 10.2 Å². The number of hydrogen-bond donors (Lipinski definition) is 1. The number of aromatic nitrogens is 1. The Morgan fingerprint density at radius 3 is 2.55 bits per heavy atom. The second-order valence-corrected chi connectivity index (χ2v) is 6.89. The van der Waals surface area contributed by atoms with E-state index in [9.17, 15) is 14.4 Å². The quantitative estimate of drug-likeness (QED) is 0.694. The van der Waals surface area contributed by atoms with Crippen molar-refractivity contribution in [3.8, 4) is 0 Å². The minimum atomic E-state index is -0.394. The standard InChI is InChI=1S/C23H19N3O3/c1-15(27)17-6-4-7-20(12-17)25-22(28)18-11-19(14-24-13-18)23(29)26-10-9-16-5-2-3-8-21(16)26/h2-8,11-14H,9-10H2,1H3,(H,25,28). The zero-order valence-electron chi connectivity index (χ0n) is 15.9. The van der Waals surface area contributed by atoms with Crippen LogP contribution in [0.15, 0.2) is 67.0 Å². The lowest BCUT2D eigenvalue weighted by Crippen LogP contribution is -2.29. The predicted octanol–water partition coefficient (Wildman–Crippen LogP) is 3.74. The van der Waals surface area contributed by atoms with Gasteiger partial charge in [-0.15, -0.1) is 0 Å². The van der Waals surface area contributed by atoms with E-state index in [4.69, 9.17) is 0 Å². The Hall–Kier alpha value is -3.80. The number of nitrogens with one attached hydrogen (secondary N) is 1. The van der Waals surface area contributed by atoms with E-state index in [2.05, 4.69) is 10.3 Å². The van der Waals surface area contributed by atoms with Crippen molar-refractivity contribution < 1.29 is 14.4 Å². The summed E-state index contributed by atoms with van der Waals surface area (Å²) in [6.45, 7) is 2.07. The van der Waals surface area contributed by atoms with Gasteiger partial charge in [0.2, 0.25) is 0 Å². The second kappa shape index (κ2) is 7.67. The van der Waals surface area contributed by atoms with Crippen molar-refractivity contribution in [1.82, 2.24) is 4.98 Å². The number of fused-ring (bicyclic) bond motifs is 1. The summed E-state index contributed by atoms with van der Waals surface area (Å²) in [6.07, 6.45) is 3.69. The average Bonchev–Trinajstić information content (AvgIpc) is 3.17. The number of rotatable bonds is 4. The zero-order chi connectivity index (χ0) is 20.4. The summed E-state index contributed by atoms with van der Waals surface area (Å²) in [5, 5.41) is 2.75. The van der Waals surface area contributed by atoms with Crippen molar-refractivity contribution in [1.29, 1.82) is 0 Å². The first kappa shape index (κ1) is 18.6. The summed E-state index contributed by atoms with van der Waals surface area (Å²) >= 11 is 0. The Morgan fingerprint density at radius 1 is 0.931 bits per heavy atom. The Balaban J connectivity index is 1.54. The van der Waals surface area contributed by atoms with E-state index in [1.165, 1.54) is 19.3 Å². The van der Waals surface area contributed by atoms with Gasteiger partial charge in [0.25, 0.3) is 11.8 Å². The third-order valence-corrected chi connectivity index (χ3v) is 4.91. The molecule has 0 unspecified atom stereocenters. The number of amides is 2. The van der Waals surface area contributed by atoms with Crippen molar-refractivity contribution in [3.05, 3.63) is 89.2 Å². The Bertz CT molecular complexity index is 1120. The molecule has 6 heteroatoms. The lowest BCUT2D eigenvalue weighted by molar-refractivity contribution is 0.0986. The molecule has 1 N–H and O–H groups in total. The molecule has 1 aliphatic heterocycles. The van der Waals surface area contributed by atoms with Crippen LogP contribution in [0, 0.1) is 0 Å². The highest BCUT2D eigenvalue weighted by Crippen LogP contribution is 2.28. The van der Waals surface area contributed by atoms with Gasteiger partial charge in [-0.1, -0.05) is 30.3 Å². The molecule has 2 amide bonds. The van der Waals surface area contributed by atoms with Crippen LogP contribution in [0.2, 0.25) is 0 Å². The Morgan fingerprint density at radius 2 is 1.72 bits per heavy atom. The van der Waals surface area contributed by atoms with E-state index in [0.717, 1.165) is 17.7 Å². The summed E-state index contributed by atoms with van der Waals surface area (Å²) in [7, 11) is 0. The average molecular weight is 385 g/mol. The van der Waals surface area contributed by atoms with E-state index >= 15 is 0 Å². The molecule has 0 spiro atoms. The summed E-state index contributed by atoms with van der Waals surface area (Å²) in [5.74, 6) is -0.661. The van der Waals surface area contributed by atoms with Gasteiger partial charge in [0.05, 0.1) is 11.1 Å². The van der Waals surface area contributed by atoms with Crippen molar-refractivity contribution in [2.45, 2.75) is 13.3 Å². The number of anilines is 2. The molecule has 1 aliphatic rings. The van der Waals surface area contributed by atoms with Gasteiger partial charge < -0.3 is 10.2 Å². The lowest BCUT2D eigenvalue weighted by atomic mass is 10.1.